The molecule has 0 radical (unpaired) electrons. The molecule has 0 saturated carbocycles. The van der Waals surface area contributed by atoms with Gasteiger partial charge in [-0.05, 0) is 49.1 Å². The molecule has 6 heteroatoms. The number of carbonyl (C=O) groups is 1. The van der Waals surface area contributed by atoms with Gasteiger partial charge in [-0.3, -0.25) is 0 Å². The zero-order valence-electron chi connectivity index (χ0n) is 14.8. The molecule has 3 heterocycles. The SMILES string of the molecule is COC(=O)c1cc2cc(c1)-c1cnn3ccc(nc13)CCCCCCO2. The average molecular weight is 351 g/mol. The van der Waals surface area contributed by atoms with Gasteiger partial charge in [-0.25, -0.2) is 14.3 Å². The molecule has 3 aromatic rings. The second kappa shape index (κ2) is 7.15. The van der Waals surface area contributed by atoms with Gasteiger partial charge in [0.1, 0.15) is 5.75 Å². The molecule has 0 amide bonds. The summed E-state index contributed by atoms with van der Waals surface area (Å²) in [7, 11) is 1.38. The van der Waals surface area contributed by atoms with Crippen LogP contribution in [0.4, 0.5) is 0 Å². The third kappa shape index (κ3) is 3.27. The van der Waals surface area contributed by atoms with Gasteiger partial charge in [0, 0.05) is 17.5 Å². The molecule has 26 heavy (non-hydrogen) atoms. The molecule has 2 aromatic heterocycles. The molecule has 1 aliphatic rings. The molecule has 0 fully saturated rings. The molecule has 0 unspecified atom stereocenters. The van der Waals surface area contributed by atoms with Gasteiger partial charge in [0.15, 0.2) is 5.65 Å². The summed E-state index contributed by atoms with van der Waals surface area (Å²) in [4.78, 5) is 16.9. The molecule has 4 bridgehead atoms. The van der Waals surface area contributed by atoms with Crippen LogP contribution in [0.2, 0.25) is 0 Å². The van der Waals surface area contributed by atoms with E-state index in [0.717, 1.165) is 54.6 Å². The summed E-state index contributed by atoms with van der Waals surface area (Å²) in [5, 5.41) is 4.40. The van der Waals surface area contributed by atoms with Gasteiger partial charge in [-0.2, -0.15) is 5.10 Å². The van der Waals surface area contributed by atoms with E-state index in [4.69, 9.17) is 14.5 Å². The molecular weight excluding hydrogens is 330 g/mol. The van der Waals surface area contributed by atoms with Gasteiger partial charge in [-0.1, -0.05) is 12.8 Å². The standard InChI is InChI=1S/C20H21N3O3/c1-25-20(24)15-10-14-11-17(12-15)26-9-5-3-2-4-6-16-7-8-23-19(22-16)18(14)13-21-23/h7-8,10-13H,2-6,9H2,1H3. The van der Waals surface area contributed by atoms with Gasteiger partial charge >= 0.3 is 5.97 Å². The van der Waals surface area contributed by atoms with E-state index in [1.165, 1.54) is 7.11 Å². The Balaban J connectivity index is 1.87. The number of ether oxygens (including phenoxy) is 2. The predicted molar refractivity (Wildman–Crippen MR) is 97.4 cm³/mol. The molecule has 0 saturated heterocycles. The van der Waals surface area contributed by atoms with Crippen LogP contribution in [0, 0.1) is 0 Å². The summed E-state index contributed by atoms with van der Waals surface area (Å²) >= 11 is 0. The van der Waals surface area contributed by atoms with Crippen LogP contribution < -0.4 is 4.74 Å². The maximum absolute atomic E-state index is 12.1. The molecule has 6 nitrogen and oxygen atoms in total. The predicted octanol–water partition coefficient (Wildman–Crippen LogP) is 3.68. The van der Waals surface area contributed by atoms with Crippen LogP contribution in [0.25, 0.3) is 16.8 Å². The fourth-order valence-corrected chi connectivity index (χ4v) is 3.27. The normalized spacial score (nSPS) is 14.7. The van der Waals surface area contributed by atoms with Crippen LogP contribution in [-0.2, 0) is 11.2 Å². The van der Waals surface area contributed by atoms with Crippen LogP contribution in [0.3, 0.4) is 0 Å². The summed E-state index contributed by atoms with van der Waals surface area (Å²) in [6.45, 7) is 0.636. The van der Waals surface area contributed by atoms with E-state index in [-0.39, 0.29) is 5.97 Å². The number of benzene rings is 1. The Hall–Kier alpha value is -2.89. The minimum absolute atomic E-state index is 0.386. The van der Waals surface area contributed by atoms with Gasteiger partial charge < -0.3 is 9.47 Å². The number of nitrogens with zero attached hydrogens (tertiary/aromatic N) is 3. The third-order valence-corrected chi connectivity index (χ3v) is 4.66. The minimum atomic E-state index is -0.386. The molecule has 1 aromatic carbocycles. The highest BCUT2D eigenvalue weighted by Crippen LogP contribution is 2.29. The number of carbonyl (C=O) groups excluding carboxylic acids is 1. The van der Waals surface area contributed by atoms with Gasteiger partial charge in [0.05, 0.1) is 25.5 Å². The summed E-state index contributed by atoms with van der Waals surface area (Å²) in [5.41, 5.74) is 4.03. The number of hydrogen-bond acceptors (Lipinski definition) is 5. The monoisotopic (exact) mass is 351 g/mol. The lowest BCUT2D eigenvalue weighted by atomic mass is 10.0. The molecule has 1 aliphatic heterocycles. The zero-order chi connectivity index (χ0) is 17.9. The van der Waals surface area contributed by atoms with Gasteiger partial charge in [0.25, 0.3) is 0 Å². The van der Waals surface area contributed by atoms with E-state index >= 15 is 0 Å². The van der Waals surface area contributed by atoms with Crippen molar-refractivity contribution in [2.75, 3.05) is 13.7 Å². The first-order chi connectivity index (χ1) is 12.7. The first-order valence-corrected chi connectivity index (χ1v) is 8.94. The maximum atomic E-state index is 12.1. The molecule has 0 spiro atoms. The Kier molecular flexibility index (Phi) is 4.56. The fraction of sp³-hybridized carbons (Fsp3) is 0.350. The Bertz CT molecular complexity index is 949. The molecule has 134 valence electrons. The Morgan fingerprint density at radius 2 is 2.08 bits per heavy atom. The summed E-state index contributed by atoms with van der Waals surface area (Å²) in [6.07, 6.45) is 9.04. The molecule has 0 aliphatic carbocycles. The Labute approximate surface area is 151 Å². The topological polar surface area (TPSA) is 65.7 Å². The quantitative estimate of drug-likeness (QED) is 0.626. The lowest BCUT2D eigenvalue weighted by molar-refractivity contribution is 0.0600. The van der Waals surface area contributed by atoms with Crippen LogP contribution in [0.5, 0.6) is 5.75 Å². The van der Waals surface area contributed by atoms with E-state index in [9.17, 15) is 4.79 Å². The smallest absolute Gasteiger partial charge is 0.338 e. The van der Waals surface area contributed by atoms with E-state index in [1.807, 2.05) is 18.3 Å². The summed E-state index contributed by atoms with van der Waals surface area (Å²) in [5.74, 6) is 0.276. The van der Waals surface area contributed by atoms with Gasteiger partial charge in [0.2, 0.25) is 0 Å². The van der Waals surface area contributed by atoms with Crippen molar-refractivity contribution in [3.05, 3.63) is 47.9 Å². The maximum Gasteiger partial charge on any atom is 0.338 e. The highest BCUT2D eigenvalue weighted by Gasteiger charge is 2.15. The first-order valence-electron chi connectivity index (χ1n) is 8.94. The highest BCUT2D eigenvalue weighted by atomic mass is 16.5. The van der Waals surface area contributed by atoms with Crippen molar-refractivity contribution in [3.63, 3.8) is 0 Å². The summed E-state index contributed by atoms with van der Waals surface area (Å²) < 4.78 is 12.6. The molecule has 0 atom stereocenters. The van der Waals surface area contributed by atoms with Crippen LogP contribution >= 0.6 is 0 Å². The number of rotatable bonds is 1. The van der Waals surface area contributed by atoms with E-state index < -0.39 is 0 Å². The van der Waals surface area contributed by atoms with Crippen molar-refractivity contribution in [3.8, 4) is 16.9 Å². The highest BCUT2D eigenvalue weighted by molar-refractivity contribution is 5.92. The molecule has 4 rings (SSSR count). The number of hydrogen-bond donors (Lipinski definition) is 0. The zero-order valence-corrected chi connectivity index (χ0v) is 14.8. The first kappa shape index (κ1) is 16.6. The van der Waals surface area contributed by atoms with E-state index in [2.05, 4.69) is 5.10 Å². The second-order valence-corrected chi connectivity index (χ2v) is 6.50. The fourth-order valence-electron chi connectivity index (χ4n) is 3.27. The minimum Gasteiger partial charge on any atom is -0.494 e. The third-order valence-electron chi connectivity index (χ3n) is 4.66. The number of aromatic nitrogens is 3. The van der Waals surface area contributed by atoms with Crippen molar-refractivity contribution in [1.29, 1.82) is 0 Å². The van der Waals surface area contributed by atoms with Crippen LogP contribution in [0.15, 0.2) is 36.7 Å². The lowest BCUT2D eigenvalue weighted by Gasteiger charge is -2.11. The van der Waals surface area contributed by atoms with Crippen LogP contribution in [-0.4, -0.2) is 34.3 Å². The molecular formula is C20H21N3O3. The van der Waals surface area contributed by atoms with Crippen LogP contribution in [0.1, 0.15) is 41.7 Å². The summed E-state index contributed by atoms with van der Waals surface area (Å²) in [6, 6.07) is 7.49. The van der Waals surface area contributed by atoms with E-state index in [0.29, 0.717) is 17.9 Å². The number of fused-ring (bicyclic) bond motifs is 4. The largest absolute Gasteiger partial charge is 0.494 e. The van der Waals surface area contributed by atoms with Crippen molar-refractivity contribution in [1.82, 2.24) is 14.6 Å². The van der Waals surface area contributed by atoms with Crippen molar-refractivity contribution < 1.29 is 14.3 Å². The number of esters is 1. The van der Waals surface area contributed by atoms with Crippen molar-refractivity contribution in [2.24, 2.45) is 0 Å². The Morgan fingerprint density at radius 3 is 2.96 bits per heavy atom. The average Bonchev–Trinajstić information content (AvgIpc) is 3.09. The number of aryl methyl sites for hydroxylation is 1. The lowest BCUT2D eigenvalue weighted by Crippen LogP contribution is -2.04. The van der Waals surface area contributed by atoms with Crippen molar-refractivity contribution in [2.45, 2.75) is 32.1 Å². The Morgan fingerprint density at radius 1 is 1.19 bits per heavy atom. The molecule has 0 N–H and O–H groups in total. The van der Waals surface area contributed by atoms with Crippen molar-refractivity contribution >= 4 is 11.6 Å². The second-order valence-electron chi connectivity index (χ2n) is 6.50. The van der Waals surface area contributed by atoms with Gasteiger partial charge in [-0.15, -0.1) is 0 Å². The van der Waals surface area contributed by atoms with E-state index in [1.54, 1.807) is 22.8 Å². The number of methoxy groups -OCH3 is 1.